The van der Waals surface area contributed by atoms with E-state index in [0.717, 1.165) is 44.5 Å². The molecule has 0 spiro atoms. The Hall–Kier alpha value is -2.13. The molecule has 23 heavy (non-hydrogen) atoms. The minimum absolute atomic E-state index is 0.355. The lowest BCUT2D eigenvalue weighted by molar-refractivity contribution is 0.474. The molecule has 2 aromatic rings. The molecule has 0 radical (unpaired) electrons. The maximum atomic E-state index is 9.90. The minimum Gasteiger partial charge on any atom is -0.508 e. The van der Waals surface area contributed by atoms with E-state index in [1.807, 2.05) is 12.3 Å². The van der Waals surface area contributed by atoms with Crippen LogP contribution in [0.4, 0.5) is 0 Å². The lowest BCUT2D eigenvalue weighted by atomic mass is 9.89. The van der Waals surface area contributed by atoms with E-state index >= 15 is 0 Å². The van der Waals surface area contributed by atoms with E-state index in [2.05, 4.69) is 24.4 Å². The first-order valence-corrected chi connectivity index (χ1v) is 8.43. The molecule has 2 heterocycles. The first-order chi connectivity index (χ1) is 11.2. The Morgan fingerprint density at radius 2 is 1.78 bits per heavy atom. The fourth-order valence-electron chi connectivity index (χ4n) is 3.81. The maximum absolute atomic E-state index is 9.90. The number of hydrogen-bond donors (Lipinski definition) is 2. The molecule has 0 amide bonds. The number of aromatic nitrogens is 1. The molecular weight excluding hydrogens is 284 g/mol. The molecule has 118 valence electrons. The summed E-state index contributed by atoms with van der Waals surface area (Å²) in [5.41, 5.74) is 9.01. The van der Waals surface area contributed by atoms with Gasteiger partial charge in [-0.2, -0.15) is 0 Å². The Kier molecular flexibility index (Phi) is 3.66. The van der Waals surface area contributed by atoms with Crippen LogP contribution in [-0.2, 0) is 12.8 Å². The van der Waals surface area contributed by atoms with Crippen LogP contribution in [-0.4, -0.2) is 23.2 Å². The van der Waals surface area contributed by atoms with Gasteiger partial charge >= 0.3 is 0 Å². The maximum Gasteiger partial charge on any atom is 0.115 e. The second-order valence-corrected chi connectivity index (χ2v) is 6.59. The highest BCUT2D eigenvalue weighted by molar-refractivity contribution is 5.84. The zero-order valence-corrected chi connectivity index (χ0v) is 13.5. The molecule has 2 N–H and O–H groups in total. The van der Waals surface area contributed by atoms with Crippen molar-refractivity contribution < 1.29 is 5.11 Å². The molecule has 0 saturated carbocycles. The van der Waals surface area contributed by atoms with Crippen molar-refractivity contribution >= 4 is 5.57 Å². The Balaban J connectivity index is 1.98. The van der Waals surface area contributed by atoms with Gasteiger partial charge in [0.05, 0.1) is 5.69 Å². The largest absolute Gasteiger partial charge is 0.508 e. The summed E-state index contributed by atoms with van der Waals surface area (Å²) in [4.78, 5) is 4.82. The molecule has 1 saturated heterocycles. The normalized spacial score (nSPS) is 17.4. The lowest BCUT2D eigenvalue weighted by Gasteiger charge is -2.22. The highest BCUT2D eigenvalue weighted by atomic mass is 16.3. The van der Waals surface area contributed by atoms with Crippen LogP contribution in [0.1, 0.15) is 40.8 Å². The van der Waals surface area contributed by atoms with Crippen molar-refractivity contribution in [1.29, 1.82) is 0 Å². The number of aromatic hydroxyl groups is 1. The van der Waals surface area contributed by atoms with Gasteiger partial charge in [-0.15, -0.1) is 0 Å². The quantitative estimate of drug-likeness (QED) is 0.784. The number of phenolic OH excluding ortho intramolecular Hbond substituents is 1. The molecule has 0 unspecified atom stereocenters. The van der Waals surface area contributed by atoms with Crippen molar-refractivity contribution in [2.45, 2.75) is 32.6 Å². The van der Waals surface area contributed by atoms with Crippen LogP contribution >= 0.6 is 0 Å². The van der Waals surface area contributed by atoms with Crippen molar-refractivity contribution in [3.05, 3.63) is 64.0 Å². The highest BCUT2D eigenvalue weighted by Gasteiger charge is 2.23. The SMILES string of the molecule is Cc1cnc2c(c1)CCc1cc(O)ccc1C2=C1CCNCC1. The van der Waals surface area contributed by atoms with Crippen molar-refractivity contribution in [2.75, 3.05) is 13.1 Å². The number of hydrogen-bond acceptors (Lipinski definition) is 3. The predicted molar refractivity (Wildman–Crippen MR) is 92.6 cm³/mol. The van der Waals surface area contributed by atoms with E-state index < -0.39 is 0 Å². The van der Waals surface area contributed by atoms with Gasteiger partial charge in [-0.05, 0) is 80.1 Å². The molecule has 1 aromatic heterocycles. The second kappa shape index (κ2) is 5.82. The summed E-state index contributed by atoms with van der Waals surface area (Å²) in [6, 6.07) is 8.08. The molecule has 2 aliphatic rings. The Labute approximate surface area is 137 Å². The number of aryl methyl sites for hydroxylation is 3. The number of fused-ring (bicyclic) bond motifs is 2. The number of nitrogens with one attached hydrogen (secondary N) is 1. The van der Waals surface area contributed by atoms with Crippen LogP contribution in [0.15, 0.2) is 36.0 Å². The van der Waals surface area contributed by atoms with Gasteiger partial charge in [0.2, 0.25) is 0 Å². The van der Waals surface area contributed by atoms with Crippen molar-refractivity contribution in [3.8, 4) is 5.75 Å². The van der Waals surface area contributed by atoms with Gasteiger partial charge in [-0.1, -0.05) is 17.7 Å². The first-order valence-electron chi connectivity index (χ1n) is 8.43. The number of benzene rings is 1. The van der Waals surface area contributed by atoms with Gasteiger partial charge in [0, 0.05) is 11.8 Å². The van der Waals surface area contributed by atoms with Crippen LogP contribution in [0, 0.1) is 6.92 Å². The topological polar surface area (TPSA) is 45.2 Å². The van der Waals surface area contributed by atoms with E-state index in [0.29, 0.717) is 5.75 Å². The molecule has 1 aromatic carbocycles. The molecule has 1 fully saturated rings. The van der Waals surface area contributed by atoms with Gasteiger partial charge in [0.15, 0.2) is 0 Å². The molecule has 3 nitrogen and oxygen atoms in total. The van der Waals surface area contributed by atoms with Gasteiger partial charge in [0.25, 0.3) is 0 Å². The zero-order valence-electron chi connectivity index (χ0n) is 13.5. The number of rotatable bonds is 0. The summed E-state index contributed by atoms with van der Waals surface area (Å²) in [5.74, 6) is 0.355. The third kappa shape index (κ3) is 2.66. The molecule has 3 heteroatoms. The summed E-state index contributed by atoms with van der Waals surface area (Å²) in [5, 5.41) is 13.3. The number of piperidine rings is 1. The monoisotopic (exact) mass is 306 g/mol. The van der Waals surface area contributed by atoms with E-state index in [1.165, 1.54) is 33.4 Å². The summed E-state index contributed by atoms with van der Waals surface area (Å²) in [6.07, 6.45) is 6.06. The minimum atomic E-state index is 0.355. The van der Waals surface area contributed by atoms with E-state index in [9.17, 15) is 5.11 Å². The average Bonchev–Trinajstić information content (AvgIpc) is 2.72. The fourth-order valence-corrected chi connectivity index (χ4v) is 3.81. The molecule has 0 atom stereocenters. The van der Waals surface area contributed by atoms with Crippen LogP contribution in [0.5, 0.6) is 5.75 Å². The number of pyridine rings is 1. The fraction of sp³-hybridized carbons (Fsp3) is 0.350. The van der Waals surface area contributed by atoms with Crippen molar-refractivity contribution in [2.24, 2.45) is 0 Å². The lowest BCUT2D eigenvalue weighted by Crippen LogP contribution is -2.24. The van der Waals surface area contributed by atoms with Gasteiger partial charge in [-0.25, -0.2) is 0 Å². The second-order valence-electron chi connectivity index (χ2n) is 6.59. The molecule has 4 rings (SSSR count). The van der Waals surface area contributed by atoms with Crippen LogP contribution < -0.4 is 5.32 Å². The van der Waals surface area contributed by atoms with E-state index in [-0.39, 0.29) is 0 Å². The first kappa shape index (κ1) is 14.5. The molecule has 1 aliphatic heterocycles. The smallest absolute Gasteiger partial charge is 0.115 e. The molecule has 0 bridgehead atoms. The van der Waals surface area contributed by atoms with Crippen molar-refractivity contribution in [3.63, 3.8) is 0 Å². The van der Waals surface area contributed by atoms with Gasteiger partial charge in [0.1, 0.15) is 5.75 Å². The summed E-state index contributed by atoms with van der Waals surface area (Å²) in [6.45, 7) is 4.18. The van der Waals surface area contributed by atoms with E-state index in [1.54, 1.807) is 6.07 Å². The standard InChI is InChI=1S/C20H22N2O/c1-13-10-16-3-2-15-11-17(23)4-5-18(15)19(20(16)22-12-13)14-6-8-21-9-7-14/h4-5,10-12,21,23H,2-3,6-9H2,1H3. The number of nitrogens with zero attached hydrogens (tertiary/aromatic N) is 1. The summed E-state index contributed by atoms with van der Waals surface area (Å²) >= 11 is 0. The predicted octanol–water partition coefficient (Wildman–Crippen LogP) is 3.38. The Morgan fingerprint density at radius 3 is 2.61 bits per heavy atom. The van der Waals surface area contributed by atoms with Gasteiger partial charge < -0.3 is 10.4 Å². The average molecular weight is 306 g/mol. The molecular formula is C20H22N2O. The highest BCUT2D eigenvalue weighted by Crippen LogP contribution is 2.38. The third-order valence-electron chi connectivity index (χ3n) is 4.92. The van der Waals surface area contributed by atoms with Crippen LogP contribution in [0.25, 0.3) is 5.57 Å². The summed E-state index contributed by atoms with van der Waals surface area (Å²) in [7, 11) is 0. The van der Waals surface area contributed by atoms with Crippen molar-refractivity contribution in [1.82, 2.24) is 10.3 Å². The van der Waals surface area contributed by atoms with Crippen LogP contribution in [0.2, 0.25) is 0 Å². The van der Waals surface area contributed by atoms with E-state index in [4.69, 9.17) is 4.98 Å². The van der Waals surface area contributed by atoms with Gasteiger partial charge in [-0.3, -0.25) is 4.98 Å². The number of phenols is 1. The zero-order chi connectivity index (χ0) is 15.8. The Bertz CT molecular complexity index is 729. The van der Waals surface area contributed by atoms with Crippen LogP contribution in [0.3, 0.4) is 0 Å². The Morgan fingerprint density at radius 1 is 1.00 bits per heavy atom. The third-order valence-corrected chi connectivity index (χ3v) is 4.92. The molecule has 1 aliphatic carbocycles. The summed E-state index contributed by atoms with van der Waals surface area (Å²) < 4.78 is 0.